The first kappa shape index (κ1) is 16.2. The maximum atomic E-state index is 12.3. The molecule has 1 saturated heterocycles. The quantitative estimate of drug-likeness (QED) is 0.846. The van der Waals surface area contributed by atoms with Crippen molar-refractivity contribution in [2.45, 2.75) is 25.7 Å². The standard InChI is InChI=1S/C19H19NO4/c1-14-18(16-10-6-3-7-11-16)24-19(22)20(14)17(21)13-23-12-15-8-4-2-5-9-15/h2-11,14,18H,12-13H2,1H3/t14-,18-/m1/s1. The van der Waals surface area contributed by atoms with Crippen LogP contribution >= 0.6 is 0 Å². The van der Waals surface area contributed by atoms with Crippen molar-refractivity contribution in [1.82, 2.24) is 4.90 Å². The van der Waals surface area contributed by atoms with Crippen LogP contribution in [0.25, 0.3) is 0 Å². The number of carbonyl (C=O) groups is 2. The van der Waals surface area contributed by atoms with E-state index in [9.17, 15) is 9.59 Å². The van der Waals surface area contributed by atoms with Crippen LogP contribution in [0.3, 0.4) is 0 Å². The third-order valence-corrected chi connectivity index (χ3v) is 4.00. The van der Waals surface area contributed by atoms with Gasteiger partial charge >= 0.3 is 6.09 Å². The van der Waals surface area contributed by atoms with Crippen molar-refractivity contribution in [3.05, 3.63) is 71.8 Å². The molecule has 3 rings (SSSR count). The highest BCUT2D eigenvalue weighted by atomic mass is 16.6. The first-order chi connectivity index (χ1) is 11.7. The van der Waals surface area contributed by atoms with Gasteiger partial charge in [-0.1, -0.05) is 60.7 Å². The van der Waals surface area contributed by atoms with Crippen LogP contribution in [0.1, 0.15) is 24.2 Å². The normalized spacial score (nSPS) is 20.0. The molecule has 0 radical (unpaired) electrons. The minimum atomic E-state index is -0.621. The van der Waals surface area contributed by atoms with Crippen molar-refractivity contribution in [3.63, 3.8) is 0 Å². The lowest BCUT2D eigenvalue weighted by Gasteiger charge is -2.19. The zero-order valence-electron chi connectivity index (χ0n) is 13.4. The Morgan fingerprint density at radius 2 is 1.71 bits per heavy atom. The van der Waals surface area contributed by atoms with Crippen molar-refractivity contribution >= 4 is 12.0 Å². The minimum absolute atomic E-state index is 0.157. The van der Waals surface area contributed by atoms with Crippen molar-refractivity contribution in [2.75, 3.05) is 6.61 Å². The van der Waals surface area contributed by atoms with Gasteiger partial charge in [-0.3, -0.25) is 4.79 Å². The van der Waals surface area contributed by atoms with Gasteiger partial charge in [-0.2, -0.15) is 0 Å². The molecule has 0 N–H and O–H groups in total. The molecule has 2 amide bonds. The van der Waals surface area contributed by atoms with E-state index in [1.807, 2.05) is 60.7 Å². The van der Waals surface area contributed by atoms with Crippen LogP contribution < -0.4 is 0 Å². The highest BCUT2D eigenvalue weighted by molar-refractivity contribution is 5.94. The van der Waals surface area contributed by atoms with Gasteiger partial charge in [-0.05, 0) is 18.1 Å². The molecule has 5 nitrogen and oxygen atoms in total. The summed E-state index contributed by atoms with van der Waals surface area (Å²) in [5, 5.41) is 0. The molecule has 1 aliphatic heterocycles. The van der Waals surface area contributed by atoms with Gasteiger partial charge in [0.25, 0.3) is 5.91 Å². The van der Waals surface area contributed by atoms with Crippen molar-refractivity contribution in [3.8, 4) is 0 Å². The maximum Gasteiger partial charge on any atom is 0.417 e. The van der Waals surface area contributed by atoms with E-state index in [0.29, 0.717) is 6.61 Å². The second-order valence-corrected chi connectivity index (χ2v) is 5.70. The largest absolute Gasteiger partial charge is 0.439 e. The van der Waals surface area contributed by atoms with Crippen LogP contribution in [0.4, 0.5) is 4.79 Å². The van der Waals surface area contributed by atoms with Crippen LogP contribution in [0.2, 0.25) is 0 Å². The van der Waals surface area contributed by atoms with Crippen LogP contribution in [0.15, 0.2) is 60.7 Å². The molecule has 0 unspecified atom stereocenters. The smallest absolute Gasteiger partial charge is 0.417 e. The van der Waals surface area contributed by atoms with Gasteiger partial charge in [0.05, 0.1) is 12.6 Å². The highest BCUT2D eigenvalue weighted by Crippen LogP contribution is 2.32. The number of hydrogen-bond acceptors (Lipinski definition) is 4. The molecule has 1 aliphatic rings. The SMILES string of the molecule is C[C@@H]1[C@H](c2ccccc2)OC(=O)N1C(=O)COCc1ccccc1. The van der Waals surface area contributed by atoms with E-state index in [1.54, 1.807) is 6.92 Å². The Balaban J connectivity index is 1.59. The molecule has 0 aliphatic carbocycles. The first-order valence-corrected chi connectivity index (χ1v) is 7.86. The first-order valence-electron chi connectivity index (χ1n) is 7.86. The summed E-state index contributed by atoms with van der Waals surface area (Å²) in [7, 11) is 0. The summed E-state index contributed by atoms with van der Waals surface area (Å²) in [6.45, 7) is 1.97. The predicted molar refractivity (Wildman–Crippen MR) is 88.1 cm³/mol. The third-order valence-electron chi connectivity index (χ3n) is 4.00. The number of ether oxygens (including phenoxy) is 2. The lowest BCUT2D eigenvalue weighted by molar-refractivity contribution is -0.134. The van der Waals surface area contributed by atoms with E-state index in [-0.39, 0.29) is 18.6 Å². The zero-order chi connectivity index (χ0) is 16.9. The Kier molecular flexibility index (Phi) is 4.91. The molecule has 5 heteroatoms. The fraction of sp³-hybridized carbons (Fsp3) is 0.263. The van der Waals surface area contributed by atoms with Crippen LogP contribution in [-0.2, 0) is 20.9 Å². The van der Waals surface area contributed by atoms with Gasteiger partial charge in [-0.25, -0.2) is 9.69 Å². The molecule has 124 valence electrons. The van der Waals surface area contributed by atoms with Gasteiger partial charge in [-0.15, -0.1) is 0 Å². The van der Waals surface area contributed by atoms with Crippen molar-refractivity contribution < 1.29 is 19.1 Å². The Labute approximate surface area is 140 Å². The highest BCUT2D eigenvalue weighted by Gasteiger charge is 2.43. The molecule has 24 heavy (non-hydrogen) atoms. The fourth-order valence-corrected chi connectivity index (χ4v) is 2.78. The number of benzene rings is 2. The summed E-state index contributed by atoms with van der Waals surface area (Å²) in [5.74, 6) is -0.387. The molecule has 1 fully saturated rings. The number of rotatable bonds is 5. The number of nitrogens with zero attached hydrogens (tertiary/aromatic N) is 1. The van der Waals surface area contributed by atoms with E-state index in [1.165, 1.54) is 0 Å². The molecule has 0 aromatic heterocycles. The second kappa shape index (κ2) is 7.27. The molecule has 0 saturated carbocycles. The average Bonchev–Trinajstić information content (AvgIpc) is 2.91. The topological polar surface area (TPSA) is 55.8 Å². The van der Waals surface area contributed by atoms with Crippen molar-refractivity contribution in [2.24, 2.45) is 0 Å². The van der Waals surface area contributed by atoms with Crippen LogP contribution in [0, 0.1) is 0 Å². The molecule has 2 atom stereocenters. The number of imide groups is 1. The monoisotopic (exact) mass is 325 g/mol. The van der Waals surface area contributed by atoms with Crippen molar-refractivity contribution in [1.29, 1.82) is 0 Å². The summed E-state index contributed by atoms with van der Waals surface area (Å²) in [5.41, 5.74) is 1.85. The van der Waals surface area contributed by atoms with Gasteiger partial charge < -0.3 is 9.47 Å². The predicted octanol–water partition coefficient (Wildman–Crippen LogP) is 3.31. The molecule has 1 heterocycles. The third kappa shape index (κ3) is 3.46. The van der Waals surface area contributed by atoms with Gasteiger partial charge in [0.2, 0.25) is 0 Å². The summed E-state index contributed by atoms with van der Waals surface area (Å²) >= 11 is 0. The number of cyclic esters (lactones) is 1. The Morgan fingerprint density at radius 1 is 1.08 bits per heavy atom. The number of hydrogen-bond donors (Lipinski definition) is 0. The van der Waals surface area contributed by atoms with Crippen LogP contribution in [0.5, 0.6) is 0 Å². The van der Waals surface area contributed by atoms with E-state index < -0.39 is 12.2 Å². The lowest BCUT2D eigenvalue weighted by atomic mass is 10.0. The van der Waals surface area contributed by atoms with E-state index in [2.05, 4.69) is 0 Å². The molecular weight excluding hydrogens is 306 g/mol. The average molecular weight is 325 g/mol. The molecule has 0 bridgehead atoms. The zero-order valence-corrected chi connectivity index (χ0v) is 13.4. The Hall–Kier alpha value is -2.66. The number of amides is 2. The summed E-state index contributed by atoms with van der Waals surface area (Å²) < 4.78 is 10.8. The van der Waals surface area contributed by atoms with Gasteiger partial charge in [0.1, 0.15) is 12.7 Å². The summed E-state index contributed by atoms with van der Waals surface area (Å²) in [6.07, 6.45) is -1.07. The van der Waals surface area contributed by atoms with Gasteiger partial charge in [0.15, 0.2) is 0 Å². The summed E-state index contributed by atoms with van der Waals surface area (Å²) in [6, 6.07) is 18.6. The number of carbonyl (C=O) groups excluding carboxylic acids is 2. The summed E-state index contributed by atoms with van der Waals surface area (Å²) in [4.78, 5) is 25.5. The van der Waals surface area contributed by atoms with E-state index >= 15 is 0 Å². The fourth-order valence-electron chi connectivity index (χ4n) is 2.78. The Bertz CT molecular complexity index is 702. The molecular formula is C19H19NO4. The van der Waals surface area contributed by atoms with Gasteiger partial charge in [0, 0.05) is 0 Å². The lowest BCUT2D eigenvalue weighted by Crippen LogP contribution is -2.40. The molecule has 2 aromatic carbocycles. The maximum absolute atomic E-state index is 12.3. The minimum Gasteiger partial charge on any atom is -0.439 e. The molecule has 2 aromatic rings. The second-order valence-electron chi connectivity index (χ2n) is 5.70. The molecule has 0 spiro atoms. The van der Waals surface area contributed by atoms with Crippen LogP contribution in [-0.4, -0.2) is 29.5 Å². The van der Waals surface area contributed by atoms with E-state index in [4.69, 9.17) is 9.47 Å². The van der Waals surface area contributed by atoms with E-state index in [0.717, 1.165) is 16.0 Å². The Morgan fingerprint density at radius 3 is 2.38 bits per heavy atom.